The number of carbonyl (C=O) groups is 2. The summed E-state index contributed by atoms with van der Waals surface area (Å²) in [6.45, 7) is 0.546. The zero-order chi connectivity index (χ0) is 15.7. The molecule has 0 fully saturated rings. The number of benzene rings is 1. The van der Waals surface area contributed by atoms with Crippen molar-refractivity contribution in [1.82, 2.24) is 5.32 Å². The molecule has 0 aliphatic rings. The van der Waals surface area contributed by atoms with Crippen LogP contribution in [0.5, 0.6) is 0 Å². The van der Waals surface area contributed by atoms with Gasteiger partial charge in [-0.25, -0.2) is 4.79 Å². The van der Waals surface area contributed by atoms with Gasteiger partial charge in [-0.05, 0) is 30.6 Å². The highest BCUT2D eigenvalue weighted by Crippen LogP contribution is 2.11. The summed E-state index contributed by atoms with van der Waals surface area (Å²) in [5, 5.41) is 11.6. The molecular formula is C15H22N2O3S. The minimum absolute atomic E-state index is 0.230. The number of carboxylic acid groups (broad SMARTS) is 1. The molecule has 1 aromatic carbocycles. The van der Waals surface area contributed by atoms with Gasteiger partial charge in [0.05, 0.1) is 0 Å². The highest BCUT2D eigenvalue weighted by atomic mass is 32.2. The molecule has 1 rings (SSSR count). The van der Waals surface area contributed by atoms with Crippen LogP contribution in [0.3, 0.4) is 0 Å². The van der Waals surface area contributed by atoms with E-state index in [1.54, 1.807) is 11.8 Å². The number of hydrogen-bond donors (Lipinski definition) is 2. The van der Waals surface area contributed by atoms with Crippen LogP contribution < -0.4 is 10.2 Å². The van der Waals surface area contributed by atoms with Gasteiger partial charge in [0.2, 0.25) is 5.91 Å². The maximum atomic E-state index is 11.8. The number of hydrogen-bond acceptors (Lipinski definition) is 4. The average molecular weight is 310 g/mol. The first-order valence-electron chi connectivity index (χ1n) is 6.82. The molecule has 0 radical (unpaired) electrons. The molecule has 0 spiro atoms. The first kappa shape index (κ1) is 17.4. The largest absolute Gasteiger partial charge is 0.480 e. The topological polar surface area (TPSA) is 69.6 Å². The van der Waals surface area contributed by atoms with E-state index in [-0.39, 0.29) is 12.3 Å². The summed E-state index contributed by atoms with van der Waals surface area (Å²) in [6.07, 6.45) is 2.63. The molecule has 0 saturated heterocycles. The van der Waals surface area contributed by atoms with Crippen molar-refractivity contribution >= 4 is 29.3 Å². The van der Waals surface area contributed by atoms with Gasteiger partial charge in [0.25, 0.3) is 0 Å². The van der Waals surface area contributed by atoms with Gasteiger partial charge < -0.3 is 15.3 Å². The van der Waals surface area contributed by atoms with Gasteiger partial charge in [0, 0.05) is 25.7 Å². The Morgan fingerprint density at radius 2 is 2.00 bits per heavy atom. The Labute approximate surface area is 129 Å². The third-order valence-corrected chi connectivity index (χ3v) is 3.76. The van der Waals surface area contributed by atoms with Crippen LogP contribution in [0.4, 0.5) is 5.69 Å². The highest BCUT2D eigenvalue weighted by molar-refractivity contribution is 7.98. The summed E-state index contributed by atoms with van der Waals surface area (Å²) in [5.74, 6) is -0.499. The number of rotatable bonds is 9. The van der Waals surface area contributed by atoms with Crippen LogP contribution in [0.2, 0.25) is 0 Å². The van der Waals surface area contributed by atoms with Crippen LogP contribution in [0.15, 0.2) is 30.3 Å². The molecule has 0 aromatic heterocycles. The van der Waals surface area contributed by atoms with E-state index < -0.39 is 12.0 Å². The third kappa shape index (κ3) is 6.53. The van der Waals surface area contributed by atoms with Gasteiger partial charge in [-0.1, -0.05) is 18.2 Å². The number of thioether (sulfide) groups is 1. The van der Waals surface area contributed by atoms with E-state index in [1.165, 1.54) is 0 Å². The first-order valence-corrected chi connectivity index (χ1v) is 8.21. The van der Waals surface area contributed by atoms with Crippen molar-refractivity contribution in [3.8, 4) is 0 Å². The molecule has 0 aliphatic heterocycles. The molecule has 1 aromatic rings. The SMILES string of the molecule is CSCCC(NC(=O)CCN(C)c1ccccc1)C(=O)O. The van der Waals surface area contributed by atoms with Crippen molar-refractivity contribution in [3.05, 3.63) is 30.3 Å². The first-order chi connectivity index (χ1) is 10.0. The molecule has 0 heterocycles. The Bertz CT molecular complexity index is 453. The van der Waals surface area contributed by atoms with Crippen molar-refractivity contribution in [2.24, 2.45) is 0 Å². The van der Waals surface area contributed by atoms with Crippen molar-refractivity contribution in [2.45, 2.75) is 18.9 Å². The molecule has 2 N–H and O–H groups in total. The van der Waals surface area contributed by atoms with Crippen LogP contribution in [-0.4, -0.2) is 48.6 Å². The Morgan fingerprint density at radius 1 is 1.33 bits per heavy atom. The molecular weight excluding hydrogens is 288 g/mol. The molecule has 1 amide bonds. The minimum atomic E-state index is -0.978. The molecule has 0 bridgehead atoms. The van der Waals surface area contributed by atoms with Crippen molar-refractivity contribution in [3.63, 3.8) is 0 Å². The van der Waals surface area contributed by atoms with E-state index >= 15 is 0 Å². The summed E-state index contributed by atoms with van der Waals surface area (Å²) in [4.78, 5) is 24.9. The average Bonchev–Trinajstić information content (AvgIpc) is 2.49. The Kier molecular flexibility index (Phi) is 7.68. The van der Waals surface area contributed by atoms with E-state index in [0.717, 1.165) is 5.69 Å². The van der Waals surface area contributed by atoms with E-state index in [2.05, 4.69) is 5.32 Å². The Morgan fingerprint density at radius 3 is 2.57 bits per heavy atom. The van der Waals surface area contributed by atoms with Crippen molar-refractivity contribution < 1.29 is 14.7 Å². The monoisotopic (exact) mass is 310 g/mol. The van der Waals surface area contributed by atoms with Crippen LogP contribution in [0.25, 0.3) is 0 Å². The fourth-order valence-corrected chi connectivity index (χ4v) is 2.31. The number of aliphatic carboxylic acids is 1. The predicted octanol–water partition coefficient (Wildman–Crippen LogP) is 1.84. The van der Waals surface area contributed by atoms with Crippen molar-refractivity contribution in [1.29, 1.82) is 0 Å². The third-order valence-electron chi connectivity index (χ3n) is 3.12. The zero-order valence-corrected chi connectivity index (χ0v) is 13.2. The number of nitrogens with zero attached hydrogens (tertiary/aromatic N) is 1. The van der Waals surface area contributed by atoms with Gasteiger partial charge in [-0.3, -0.25) is 4.79 Å². The van der Waals surface area contributed by atoms with Crippen LogP contribution in [-0.2, 0) is 9.59 Å². The molecule has 0 saturated carbocycles. The number of nitrogens with one attached hydrogen (secondary N) is 1. The Hall–Kier alpha value is -1.69. The number of anilines is 1. The van der Waals surface area contributed by atoms with E-state index in [9.17, 15) is 9.59 Å². The molecule has 21 heavy (non-hydrogen) atoms. The number of carboxylic acids is 1. The summed E-state index contributed by atoms with van der Waals surface area (Å²) in [5.41, 5.74) is 1.03. The van der Waals surface area contributed by atoms with Crippen molar-refractivity contribution in [2.75, 3.05) is 30.5 Å². The fourth-order valence-electron chi connectivity index (χ4n) is 1.84. The molecule has 6 heteroatoms. The Balaban J connectivity index is 2.40. The molecule has 5 nitrogen and oxygen atoms in total. The summed E-state index contributed by atoms with van der Waals surface area (Å²) < 4.78 is 0. The molecule has 0 aliphatic carbocycles. The lowest BCUT2D eigenvalue weighted by atomic mass is 10.2. The summed E-state index contributed by atoms with van der Waals surface area (Å²) in [6, 6.07) is 8.95. The maximum absolute atomic E-state index is 11.8. The second kappa shape index (κ2) is 9.28. The second-order valence-corrected chi connectivity index (χ2v) is 5.73. The predicted molar refractivity (Wildman–Crippen MR) is 86.9 cm³/mol. The van der Waals surface area contributed by atoms with Gasteiger partial charge in [-0.2, -0.15) is 11.8 Å². The second-order valence-electron chi connectivity index (χ2n) is 4.75. The molecule has 116 valence electrons. The smallest absolute Gasteiger partial charge is 0.326 e. The summed E-state index contributed by atoms with van der Waals surface area (Å²) >= 11 is 1.57. The lowest BCUT2D eigenvalue weighted by molar-refractivity contribution is -0.141. The van der Waals surface area contributed by atoms with Crippen LogP contribution >= 0.6 is 11.8 Å². The highest BCUT2D eigenvalue weighted by Gasteiger charge is 2.19. The minimum Gasteiger partial charge on any atom is -0.480 e. The number of amides is 1. The van der Waals surface area contributed by atoms with Gasteiger partial charge in [-0.15, -0.1) is 0 Å². The maximum Gasteiger partial charge on any atom is 0.326 e. The standard InChI is InChI=1S/C15H22N2O3S/c1-17(12-6-4-3-5-7-12)10-8-14(18)16-13(15(19)20)9-11-21-2/h3-7,13H,8-11H2,1-2H3,(H,16,18)(H,19,20). The zero-order valence-electron chi connectivity index (χ0n) is 12.4. The number of para-hydroxylation sites is 1. The van der Waals surface area contributed by atoms with E-state index in [1.807, 2.05) is 48.5 Å². The number of carbonyl (C=O) groups excluding carboxylic acids is 1. The van der Waals surface area contributed by atoms with E-state index in [4.69, 9.17) is 5.11 Å². The van der Waals surface area contributed by atoms with Gasteiger partial charge >= 0.3 is 5.97 Å². The molecule has 1 atom stereocenters. The van der Waals surface area contributed by atoms with Crippen LogP contribution in [0.1, 0.15) is 12.8 Å². The van der Waals surface area contributed by atoms with Gasteiger partial charge in [0.15, 0.2) is 0 Å². The van der Waals surface area contributed by atoms with E-state index in [0.29, 0.717) is 18.7 Å². The lowest BCUT2D eigenvalue weighted by Gasteiger charge is -2.20. The quantitative estimate of drug-likeness (QED) is 0.728. The summed E-state index contributed by atoms with van der Waals surface area (Å²) in [7, 11) is 1.91. The lowest BCUT2D eigenvalue weighted by Crippen LogP contribution is -2.42. The fraction of sp³-hybridized carbons (Fsp3) is 0.467. The molecule has 1 unspecified atom stereocenters. The van der Waals surface area contributed by atoms with Crippen LogP contribution in [0, 0.1) is 0 Å². The normalized spacial score (nSPS) is 11.7. The van der Waals surface area contributed by atoms with Gasteiger partial charge in [0.1, 0.15) is 6.04 Å².